The number of hydrogen-bond donors (Lipinski definition) is 30. The van der Waals surface area contributed by atoms with E-state index < -0.39 is 241 Å². The van der Waals surface area contributed by atoms with E-state index in [0.29, 0.717) is 11.1 Å². The molecule has 0 unspecified atom stereocenters. The second-order valence-electron chi connectivity index (χ2n) is 27.9. The summed E-state index contributed by atoms with van der Waals surface area (Å²) in [6, 6.07) is -3.53. The molecule has 45 nitrogen and oxygen atoms in total. The molecular weight excluding hydrogens is 1600 g/mol. The Labute approximate surface area is 697 Å². The maximum Gasteiger partial charge on any atom is 0.305 e. The topological polar surface area (TPSA) is 757 Å². The van der Waals surface area contributed by atoms with Crippen molar-refractivity contribution in [3.8, 4) is 0 Å². The van der Waals surface area contributed by atoms with Crippen LogP contribution in [-0.2, 0) is 94.3 Å². The summed E-state index contributed by atoms with van der Waals surface area (Å²) in [7, 11) is 0. The number of carbonyl (C=O) groups excluding carboxylic acids is 16. The van der Waals surface area contributed by atoms with Crippen LogP contribution in [0.5, 0.6) is 0 Å². The summed E-state index contributed by atoms with van der Waals surface area (Å²) in [5.41, 5.74) is 28.1. The van der Waals surface area contributed by atoms with Crippen molar-refractivity contribution in [3.63, 3.8) is 0 Å². The molecule has 2 aromatic rings. The van der Waals surface area contributed by atoms with Crippen molar-refractivity contribution in [2.24, 2.45) is 40.5 Å². The molecule has 2 aromatic carbocycles. The average Bonchev–Trinajstić information content (AvgIpc) is 0.849. The molecule has 0 bridgehead atoms. The molecule has 0 aliphatic rings. The first-order valence-electron chi connectivity index (χ1n) is 37.9. The minimum Gasteiger partial charge on any atom is -0.481 e. The molecule has 0 aliphatic heterocycles. The van der Waals surface area contributed by atoms with Crippen molar-refractivity contribution in [2.75, 3.05) is 57.4 Å². The predicted molar refractivity (Wildman–Crippen MR) is 438 cm³/mol. The van der Waals surface area contributed by atoms with Crippen LogP contribution in [0.4, 0.5) is 0 Å². The van der Waals surface area contributed by atoms with Crippen LogP contribution in [0, 0.1) is 28.1 Å². The van der Waals surface area contributed by atoms with Gasteiger partial charge in [0.2, 0.25) is 88.5 Å². The molecule has 0 aliphatic carbocycles. The normalized spacial score (nSPS) is 14.4. The minimum absolute atomic E-state index is 0.0176. The summed E-state index contributed by atoms with van der Waals surface area (Å²) in [6.45, 7) is 4.44. The van der Waals surface area contributed by atoms with Gasteiger partial charge in [0.1, 0.15) is 72.5 Å². The van der Waals surface area contributed by atoms with Crippen LogP contribution in [0.3, 0.4) is 0 Å². The van der Waals surface area contributed by atoms with E-state index in [2.05, 4.69) is 116 Å². The van der Waals surface area contributed by atoms with Gasteiger partial charge in [-0.25, -0.2) is 0 Å². The van der Waals surface area contributed by atoms with E-state index in [0.717, 1.165) is 0 Å². The molecule has 119 heavy (non-hydrogen) atoms. The van der Waals surface area contributed by atoms with Crippen molar-refractivity contribution in [2.45, 2.75) is 184 Å². The second-order valence-corrected chi connectivity index (χ2v) is 28.6. The quantitative estimate of drug-likeness (QED) is 0.00961. The van der Waals surface area contributed by atoms with Crippen LogP contribution in [0.1, 0.15) is 104 Å². The summed E-state index contributed by atoms with van der Waals surface area (Å²) in [4.78, 5) is 230. The number of nitrogens with two attached hydrogens (primary N) is 5. The largest absolute Gasteiger partial charge is 0.481 e. The zero-order valence-electron chi connectivity index (χ0n) is 66.6. The molecule has 15 amide bonds. The highest BCUT2D eigenvalue weighted by Crippen LogP contribution is 2.15. The molecule has 0 aromatic heterocycles. The number of nitrogens with one attached hydrogen (secondary N) is 20. The molecule has 0 heterocycles. The Bertz CT molecular complexity index is 3820. The number of amides is 15. The summed E-state index contributed by atoms with van der Waals surface area (Å²) in [5, 5.41) is 93.1. The van der Waals surface area contributed by atoms with Gasteiger partial charge < -0.3 is 134 Å². The fourth-order valence-electron chi connectivity index (χ4n) is 11.0. The summed E-state index contributed by atoms with van der Waals surface area (Å²) >= 11 is 8.39. The van der Waals surface area contributed by atoms with Gasteiger partial charge in [-0.05, 0) is 74.8 Å². The number of rotatable bonds is 56. The molecule has 0 fully saturated rings. The van der Waals surface area contributed by atoms with E-state index in [-0.39, 0.29) is 95.6 Å². The molecule has 2 rings (SSSR count). The fourth-order valence-corrected chi connectivity index (χ4v) is 11.5. The highest BCUT2D eigenvalue weighted by Gasteiger charge is 2.38. The summed E-state index contributed by atoms with van der Waals surface area (Å²) in [5.74, 6) is -21.4. The van der Waals surface area contributed by atoms with Crippen LogP contribution in [0.15, 0.2) is 60.7 Å². The van der Waals surface area contributed by atoms with E-state index in [1.165, 1.54) is 6.92 Å². The molecule has 47 heteroatoms. The van der Waals surface area contributed by atoms with Gasteiger partial charge in [0.15, 0.2) is 17.9 Å². The number of aliphatic hydroxyl groups excluding tert-OH is 2. The third-order valence-electron chi connectivity index (χ3n) is 17.7. The van der Waals surface area contributed by atoms with Crippen molar-refractivity contribution >= 4 is 143 Å². The Balaban J connectivity index is 2.40. The number of guanidine groups is 3. The van der Waals surface area contributed by atoms with Crippen molar-refractivity contribution in [1.82, 2.24) is 90.4 Å². The predicted octanol–water partition coefficient (Wildman–Crippen LogP) is -9.88. The van der Waals surface area contributed by atoms with Crippen LogP contribution in [0.2, 0.25) is 0 Å². The Morgan fingerprint density at radius 3 is 1.25 bits per heavy atom. The number of carboxylic acid groups (broad SMARTS) is 1. The smallest absolute Gasteiger partial charge is 0.305 e. The lowest BCUT2D eigenvalue weighted by molar-refractivity contribution is -0.142. The molecule has 0 saturated carbocycles. The lowest BCUT2D eigenvalue weighted by Crippen LogP contribution is -2.61. The van der Waals surface area contributed by atoms with Crippen LogP contribution in [-0.4, -0.2) is 270 Å². The fraction of sp³-hybridized carbons (Fsp3) is 0.556. The third kappa shape index (κ3) is 40.2. The average molecular weight is 1720 g/mol. The molecule has 14 atom stereocenters. The number of aliphatic hydroxyl groups is 2. The van der Waals surface area contributed by atoms with Crippen LogP contribution in [0.25, 0.3) is 0 Å². The SMILES string of the molecule is CC[C@H](C)[C@H](NC(=O)[C@H](CCCNC(=N)N)NC(=O)[C@H](CC(=O)O)NC(=O)[C@H](CC(C)C)NC(=O)[C@H](CCCNC(=N)N)NC(=O)CNC(=O)CNC(=O)[C@H](Cc1ccccc1)NC(=O)[C@@H](C)NC(=O)[C@H](CS)NC(=O)[C@H](CO)NC(=O)[C@@H](N)CO)C(=O)N[C@@H](CS)C(=O)N[C@@H](Cc1ccccc1)C(=O)N[C@@H](CCCNC(=N)N)C(=O)C(N)=O. The highest BCUT2D eigenvalue weighted by molar-refractivity contribution is 7.80. The van der Waals surface area contributed by atoms with E-state index in [1.54, 1.807) is 88.4 Å². The van der Waals surface area contributed by atoms with Crippen molar-refractivity contribution in [1.29, 1.82) is 16.2 Å². The molecule has 660 valence electrons. The summed E-state index contributed by atoms with van der Waals surface area (Å²) < 4.78 is 0. The van der Waals surface area contributed by atoms with Gasteiger partial charge in [-0.1, -0.05) is 94.8 Å². The number of Topliss-reactive ketones (excluding diaryl/α,β-unsaturated/α-hetero) is 1. The van der Waals surface area contributed by atoms with E-state index >= 15 is 0 Å². The molecule has 33 N–H and O–H groups in total. The first-order chi connectivity index (χ1) is 56.2. The number of aliphatic carboxylic acids is 1. The Hall–Kier alpha value is -12.0. The Morgan fingerprint density at radius 1 is 0.403 bits per heavy atom. The number of carbonyl (C=O) groups is 17. The highest BCUT2D eigenvalue weighted by atomic mass is 32.1. The van der Waals surface area contributed by atoms with Crippen LogP contribution < -0.4 is 119 Å². The number of hydrogen-bond acceptors (Lipinski definition) is 25. The first kappa shape index (κ1) is 103. The maximum absolute atomic E-state index is 14.6. The van der Waals surface area contributed by atoms with Gasteiger partial charge in [-0.15, -0.1) is 0 Å². The third-order valence-corrected chi connectivity index (χ3v) is 18.4. The second kappa shape index (κ2) is 54.8. The van der Waals surface area contributed by atoms with E-state index in [1.807, 2.05) is 0 Å². The number of carboxylic acids is 1. The zero-order valence-corrected chi connectivity index (χ0v) is 68.4. The van der Waals surface area contributed by atoms with Crippen LogP contribution >= 0.6 is 25.3 Å². The van der Waals surface area contributed by atoms with Gasteiger partial charge in [0, 0.05) is 44.0 Å². The zero-order chi connectivity index (χ0) is 89.6. The standard InChI is InChI=1S/C72H115N25O20S2/c1-6-37(4)55(69(117)96-51(35-119)68(116)92-47(28-40-18-11-8-12-19-40)64(112)88-42(56(104)57(74)105)20-13-23-81-70(75)76)97-62(110)44(22-15-25-83-72(79)80)89-65(113)48(29-54(102)103)93-63(111)45(26-36(2)3)91-61(109)43(21-14-24-82-71(77)78)87-53(101)31-84-52(100)30-85-60(108)46(27-39-16-9-7-10-17-39)90-58(106)38(5)86-67(115)50(34-118)95-66(114)49(33-99)94-59(107)41(73)32-98/h7-12,16-19,36-38,41-51,55,98-99,118-119H,6,13-15,20-35,73H2,1-5H3,(H2,74,105)(H,84,100)(H,85,108)(H,86,115)(H,87,101)(H,88,112)(H,89,113)(H,90,106)(H,91,109)(H,92,116)(H,93,111)(H,94,107)(H,95,114)(H,96,117)(H,97,110)(H,102,103)(H4,75,76,81)(H4,77,78,82)(H4,79,80,83)/t37-,38+,41-,42-,43-,44-,45-,46-,47-,48-,49-,50-,51-,55-/m0/s1. The van der Waals surface area contributed by atoms with Gasteiger partial charge >= 0.3 is 5.97 Å². The molecule has 0 saturated heterocycles. The Morgan fingerprint density at radius 2 is 0.782 bits per heavy atom. The minimum atomic E-state index is -2.00. The van der Waals surface area contributed by atoms with Gasteiger partial charge in [0.25, 0.3) is 5.91 Å². The lowest BCUT2D eigenvalue weighted by Gasteiger charge is -2.29. The van der Waals surface area contributed by atoms with Gasteiger partial charge in [0.05, 0.1) is 38.8 Å². The molecule has 0 spiro atoms. The maximum atomic E-state index is 14.6. The monoisotopic (exact) mass is 1710 g/mol. The molecular formula is C72H115N25O20S2. The number of primary amides is 1. The van der Waals surface area contributed by atoms with Gasteiger partial charge in [-0.2, -0.15) is 25.3 Å². The van der Waals surface area contributed by atoms with E-state index in [4.69, 9.17) is 50.0 Å². The number of ketones is 1. The molecule has 0 radical (unpaired) electrons. The number of benzene rings is 2. The van der Waals surface area contributed by atoms with Gasteiger partial charge in [-0.3, -0.25) is 97.7 Å². The Kier molecular flexibility index (Phi) is 47.5. The first-order valence-corrected chi connectivity index (χ1v) is 39.2. The lowest BCUT2D eigenvalue weighted by atomic mass is 9.97. The summed E-state index contributed by atoms with van der Waals surface area (Å²) in [6.07, 6.45) is -1.98. The number of thiol groups is 2. The van der Waals surface area contributed by atoms with E-state index in [9.17, 15) is 91.7 Å². The van der Waals surface area contributed by atoms with Crippen molar-refractivity contribution in [3.05, 3.63) is 71.8 Å². The van der Waals surface area contributed by atoms with Crippen molar-refractivity contribution < 1.29 is 96.8 Å².